The van der Waals surface area contributed by atoms with Gasteiger partial charge in [-0.2, -0.15) is 4.68 Å². The van der Waals surface area contributed by atoms with E-state index < -0.39 is 29.8 Å². The van der Waals surface area contributed by atoms with Crippen LogP contribution in [0.2, 0.25) is 0 Å². The minimum absolute atomic E-state index is 0.0136. The Morgan fingerprint density at radius 1 is 1.23 bits per heavy atom. The fraction of sp³-hybridized carbons (Fsp3) is 0.650. The molecule has 1 saturated carbocycles. The van der Waals surface area contributed by atoms with Gasteiger partial charge in [0.15, 0.2) is 5.82 Å². The average Bonchev–Trinajstić information content (AvgIpc) is 2.98. The van der Waals surface area contributed by atoms with Crippen LogP contribution in [0.5, 0.6) is 0 Å². The first-order valence-electron chi connectivity index (χ1n) is 10.2. The van der Waals surface area contributed by atoms with Crippen LogP contribution in [0.1, 0.15) is 52.5 Å². The molecular weight excluding hydrogens is 406 g/mol. The molecule has 1 atom stereocenters. The van der Waals surface area contributed by atoms with Crippen LogP contribution in [0, 0.1) is 11.8 Å². The molecule has 0 spiro atoms. The molecule has 31 heavy (non-hydrogen) atoms. The third kappa shape index (κ3) is 6.97. The number of aromatic nitrogens is 2. The topological polar surface area (TPSA) is 132 Å². The van der Waals surface area contributed by atoms with Gasteiger partial charge < -0.3 is 19.7 Å². The first-order valence-corrected chi connectivity index (χ1v) is 10.2. The molecule has 1 fully saturated rings. The van der Waals surface area contributed by atoms with Gasteiger partial charge in [0.2, 0.25) is 0 Å². The Labute approximate surface area is 181 Å². The molecule has 2 N–H and O–H groups in total. The monoisotopic (exact) mass is 437 g/mol. The Morgan fingerprint density at radius 3 is 2.39 bits per heavy atom. The second-order valence-electron chi connectivity index (χ2n) is 8.79. The third-order valence-corrected chi connectivity index (χ3v) is 4.83. The number of ether oxygens (including phenoxy) is 2. The molecule has 1 unspecified atom stereocenters. The predicted molar refractivity (Wildman–Crippen MR) is 111 cm³/mol. The highest BCUT2D eigenvalue weighted by Crippen LogP contribution is 2.33. The number of carbonyl (C=O) groups excluding carboxylic acids is 4. The van der Waals surface area contributed by atoms with E-state index in [9.17, 15) is 19.2 Å². The number of esters is 1. The first-order chi connectivity index (χ1) is 14.4. The van der Waals surface area contributed by atoms with E-state index in [1.807, 2.05) is 0 Å². The largest absolute Gasteiger partial charge is 0.444 e. The molecule has 3 amide bonds. The maximum absolute atomic E-state index is 12.2. The number of hydrogen-bond acceptors (Lipinski definition) is 7. The molecule has 1 heterocycles. The predicted octanol–water partition coefficient (Wildman–Crippen LogP) is 2.95. The summed E-state index contributed by atoms with van der Waals surface area (Å²) >= 11 is 0. The van der Waals surface area contributed by atoms with Crippen LogP contribution in [0.15, 0.2) is 6.20 Å². The second-order valence-corrected chi connectivity index (χ2v) is 8.79. The zero-order chi connectivity index (χ0) is 23.3. The molecule has 0 radical (unpaired) electrons. The highest BCUT2D eigenvalue weighted by atomic mass is 16.6. The van der Waals surface area contributed by atoms with E-state index >= 15 is 0 Å². The molecule has 11 nitrogen and oxygen atoms in total. The standard InChI is InChI=1S/C20H31N5O6/c1-12(13-8-7-9-13)16(26)30-18(28)22-15-14(10-21-17(27)31-20(2,3)4)11-25(23-15)19(29)24(5)6/h11-13H,7-10H2,1-6H3,(H,21,27)(H,22,23,28). The van der Waals surface area contributed by atoms with Crippen LogP contribution in [-0.2, 0) is 20.8 Å². The van der Waals surface area contributed by atoms with E-state index in [2.05, 4.69) is 15.7 Å². The SMILES string of the molecule is CC(C(=O)OC(=O)Nc1nn(C(=O)N(C)C)cc1CNC(=O)OC(C)(C)C)C1CCC1. The van der Waals surface area contributed by atoms with Crippen LogP contribution in [0.4, 0.5) is 20.2 Å². The number of alkyl carbamates (subject to hydrolysis) is 1. The van der Waals surface area contributed by atoms with Gasteiger partial charge in [0.25, 0.3) is 0 Å². The summed E-state index contributed by atoms with van der Waals surface area (Å²) in [5.74, 6) is -0.772. The van der Waals surface area contributed by atoms with Crippen molar-refractivity contribution in [1.82, 2.24) is 20.0 Å². The van der Waals surface area contributed by atoms with Crippen molar-refractivity contribution in [3.05, 3.63) is 11.8 Å². The maximum atomic E-state index is 12.2. The lowest BCUT2D eigenvalue weighted by atomic mass is 9.77. The summed E-state index contributed by atoms with van der Waals surface area (Å²) in [6.45, 7) is 6.85. The molecule has 0 bridgehead atoms. The zero-order valence-electron chi connectivity index (χ0n) is 18.9. The summed E-state index contributed by atoms with van der Waals surface area (Å²) < 4.78 is 11.1. The summed E-state index contributed by atoms with van der Waals surface area (Å²) in [5.41, 5.74) is -0.352. The maximum Gasteiger partial charge on any atom is 0.420 e. The van der Waals surface area contributed by atoms with Gasteiger partial charge in [-0.15, -0.1) is 5.10 Å². The van der Waals surface area contributed by atoms with Crippen molar-refractivity contribution >= 4 is 30.0 Å². The van der Waals surface area contributed by atoms with Crippen molar-refractivity contribution in [1.29, 1.82) is 0 Å². The Morgan fingerprint density at radius 2 is 1.87 bits per heavy atom. The number of hydrogen-bond donors (Lipinski definition) is 2. The molecule has 0 saturated heterocycles. The molecular formula is C20H31N5O6. The number of amides is 3. The van der Waals surface area contributed by atoms with Crippen molar-refractivity contribution < 1.29 is 28.7 Å². The molecule has 2 rings (SSSR count). The van der Waals surface area contributed by atoms with E-state index in [0.29, 0.717) is 5.56 Å². The quantitative estimate of drug-likeness (QED) is 0.535. The molecule has 1 aliphatic carbocycles. The molecule has 1 aliphatic rings. The van der Waals surface area contributed by atoms with Crippen LogP contribution >= 0.6 is 0 Å². The van der Waals surface area contributed by atoms with Gasteiger partial charge >= 0.3 is 24.2 Å². The van der Waals surface area contributed by atoms with E-state index in [0.717, 1.165) is 23.9 Å². The molecule has 11 heteroatoms. The van der Waals surface area contributed by atoms with Crippen molar-refractivity contribution in [3.63, 3.8) is 0 Å². The van der Waals surface area contributed by atoms with Crippen LogP contribution in [0.3, 0.4) is 0 Å². The molecule has 0 aliphatic heterocycles. The van der Waals surface area contributed by atoms with Gasteiger partial charge in [0, 0.05) is 25.9 Å². The minimum atomic E-state index is -1.00. The van der Waals surface area contributed by atoms with Crippen LogP contribution in [0.25, 0.3) is 0 Å². The van der Waals surface area contributed by atoms with Gasteiger partial charge in [0.1, 0.15) is 5.60 Å². The number of anilines is 1. The molecule has 1 aromatic heterocycles. The molecule has 172 valence electrons. The Bertz CT molecular complexity index is 838. The zero-order valence-corrected chi connectivity index (χ0v) is 18.9. The van der Waals surface area contributed by atoms with E-state index in [1.54, 1.807) is 41.8 Å². The van der Waals surface area contributed by atoms with Crippen LogP contribution < -0.4 is 10.6 Å². The third-order valence-electron chi connectivity index (χ3n) is 4.83. The fourth-order valence-electron chi connectivity index (χ4n) is 2.87. The van der Waals surface area contributed by atoms with E-state index in [1.165, 1.54) is 11.1 Å². The normalized spacial score (nSPS) is 14.8. The van der Waals surface area contributed by atoms with Gasteiger partial charge in [-0.1, -0.05) is 13.3 Å². The smallest absolute Gasteiger partial charge is 0.420 e. The highest BCUT2D eigenvalue weighted by molar-refractivity contribution is 5.93. The first kappa shape index (κ1) is 24.2. The Kier molecular flexibility index (Phi) is 7.64. The molecule has 0 aromatic carbocycles. The summed E-state index contributed by atoms with van der Waals surface area (Å²) in [6.07, 6.45) is 2.65. The number of nitrogens with one attached hydrogen (secondary N) is 2. The lowest BCUT2D eigenvalue weighted by Crippen LogP contribution is -2.32. The lowest BCUT2D eigenvalue weighted by molar-refractivity contribution is -0.143. The summed E-state index contributed by atoms with van der Waals surface area (Å²) in [5, 5.41) is 8.97. The van der Waals surface area contributed by atoms with Gasteiger partial charge in [-0.25, -0.2) is 14.4 Å². The molecule has 1 aromatic rings. The Balaban J connectivity index is 2.08. The highest BCUT2D eigenvalue weighted by Gasteiger charge is 2.31. The van der Waals surface area contributed by atoms with E-state index in [-0.39, 0.29) is 24.2 Å². The van der Waals surface area contributed by atoms with E-state index in [4.69, 9.17) is 9.47 Å². The van der Waals surface area contributed by atoms with Crippen molar-refractivity contribution in [2.45, 2.75) is 59.1 Å². The van der Waals surface area contributed by atoms with Gasteiger partial charge in [0.05, 0.1) is 12.5 Å². The number of nitrogens with zero attached hydrogens (tertiary/aromatic N) is 3. The van der Waals surface area contributed by atoms with Crippen molar-refractivity contribution in [3.8, 4) is 0 Å². The van der Waals surface area contributed by atoms with Gasteiger partial charge in [-0.05, 0) is 39.5 Å². The summed E-state index contributed by atoms with van der Waals surface area (Å²) in [6, 6.07) is -0.463. The minimum Gasteiger partial charge on any atom is -0.444 e. The second kappa shape index (κ2) is 9.80. The van der Waals surface area contributed by atoms with Crippen LogP contribution in [-0.4, -0.2) is 58.6 Å². The number of carbonyl (C=O) groups is 4. The fourth-order valence-corrected chi connectivity index (χ4v) is 2.87. The summed E-state index contributed by atoms with van der Waals surface area (Å²) in [7, 11) is 3.09. The average molecular weight is 437 g/mol. The lowest BCUT2D eigenvalue weighted by Gasteiger charge is -2.29. The van der Waals surface area contributed by atoms with Crippen molar-refractivity contribution in [2.75, 3.05) is 19.4 Å². The summed E-state index contributed by atoms with van der Waals surface area (Å²) in [4.78, 5) is 49.9. The number of rotatable bonds is 5. The van der Waals surface area contributed by atoms with Crippen molar-refractivity contribution in [2.24, 2.45) is 11.8 Å². The Hall–Kier alpha value is -3.11. The van der Waals surface area contributed by atoms with Gasteiger partial charge in [-0.3, -0.25) is 10.1 Å².